The Kier molecular flexibility index (Phi) is 5.03. The van der Waals surface area contributed by atoms with E-state index in [1.54, 1.807) is 6.92 Å². The molecule has 1 saturated carbocycles. The Labute approximate surface area is 161 Å². The Balaban J connectivity index is 1.76. The molecule has 0 bridgehead atoms. The van der Waals surface area contributed by atoms with Crippen molar-refractivity contribution < 1.29 is 14.7 Å². The number of rotatable bonds is 4. The second-order valence-corrected chi connectivity index (χ2v) is 8.55. The number of carbonyl (C=O) groups is 2. The van der Waals surface area contributed by atoms with Crippen molar-refractivity contribution in [3.63, 3.8) is 0 Å². The molecule has 140 valence electrons. The summed E-state index contributed by atoms with van der Waals surface area (Å²) in [6, 6.07) is 11.5. The fraction of sp³-hybridized carbons (Fsp3) is 0.400. The number of nitriles is 1. The largest absolute Gasteiger partial charge is 0.481 e. The second-order valence-electron chi connectivity index (χ2n) is 7.56. The fourth-order valence-electron chi connectivity index (χ4n) is 3.28. The van der Waals surface area contributed by atoms with Gasteiger partial charge in [0.15, 0.2) is 5.13 Å². The molecule has 3 rings (SSSR count). The third kappa shape index (κ3) is 3.71. The highest BCUT2D eigenvalue weighted by molar-refractivity contribution is 7.16. The highest BCUT2D eigenvalue weighted by Crippen LogP contribution is 2.46. The van der Waals surface area contributed by atoms with Gasteiger partial charge in [-0.2, -0.15) is 5.26 Å². The van der Waals surface area contributed by atoms with Gasteiger partial charge >= 0.3 is 5.97 Å². The van der Waals surface area contributed by atoms with Crippen molar-refractivity contribution in [3.8, 4) is 17.3 Å². The lowest BCUT2D eigenvalue weighted by atomic mass is 9.65. The molecular weight excluding hydrogens is 362 g/mol. The van der Waals surface area contributed by atoms with Crippen molar-refractivity contribution in [2.75, 3.05) is 5.32 Å². The lowest BCUT2D eigenvalue weighted by Gasteiger charge is -2.39. The minimum absolute atomic E-state index is 0.173. The Morgan fingerprint density at radius 2 is 1.74 bits per heavy atom. The van der Waals surface area contributed by atoms with Gasteiger partial charge in [0, 0.05) is 11.0 Å². The molecule has 27 heavy (non-hydrogen) atoms. The van der Waals surface area contributed by atoms with Gasteiger partial charge in [0.2, 0.25) is 5.91 Å². The Morgan fingerprint density at radius 3 is 2.30 bits per heavy atom. The average molecular weight is 383 g/mol. The number of hydrogen-bond donors (Lipinski definition) is 2. The number of carbonyl (C=O) groups excluding carboxylic acids is 1. The number of nitrogens with one attached hydrogen (secondary N) is 1. The summed E-state index contributed by atoms with van der Waals surface area (Å²) in [5, 5.41) is 22.0. The van der Waals surface area contributed by atoms with E-state index in [4.69, 9.17) is 0 Å². The molecule has 0 atom stereocenters. The Morgan fingerprint density at radius 1 is 1.15 bits per heavy atom. The summed E-state index contributed by atoms with van der Waals surface area (Å²) in [6.45, 7) is 3.60. The van der Waals surface area contributed by atoms with Gasteiger partial charge in [0.05, 0.1) is 5.41 Å². The number of nitrogens with zero attached hydrogens (tertiary/aromatic N) is 2. The molecule has 7 heteroatoms. The summed E-state index contributed by atoms with van der Waals surface area (Å²) in [5.41, 5.74) is -0.0203. The zero-order valence-corrected chi connectivity index (χ0v) is 16.1. The predicted octanol–water partition coefficient (Wildman–Crippen LogP) is 4.29. The first-order valence-electron chi connectivity index (χ1n) is 8.79. The average Bonchev–Trinajstić information content (AvgIpc) is 3.08. The van der Waals surface area contributed by atoms with E-state index >= 15 is 0 Å². The highest BCUT2D eigenvalue weighted by atomic mass is 32.1. The van der Waals surface area contributed by atoms with Crippen LogP contribution in [0.15, 0.2) is 30.3 Å². The van der Waals surface area contributed by atoms with Crippen LogP contribution in [-0.4, -0.2) is 22.0 Å². The quantitative estimate of drug-likeness (QED) is 0.820. The van der Waals surface area contributed by atoms with Crippen LogP contribution >= 0.6 is 11.3 Å². The molecule has 0 spiro atoms. The first-order valence-corrected chi connectivity index (χ1v) is 9.60. The van der Waals surface area contributed by atoms with Crippen LogP contribution in [0.1, 0.15) is 44.4 Å². The number of thiazole rings is 1. The SMILES string of the molecule is CC1(C(=O)O)CCC(C)(C(=O)Nc2nc(-c3ccccc3)c(C#N)s2)CC1. The first kappa shape index (κ1) is 19.1. The number of aliphatic carboxylic acids is 1. The van der Waals surface area contributed by atoms with Crippen molar-refractivity contribution in [3.05, 3.63) is 35.2 Å². The third-order valence-electron chi connectivity index (χ3n) is 5.52. The normalized spacial score (nSPS) is 24.8. The van der Waals surface area contributed by atoms with Gasteiger partial charge in [-0.1, -0.05) is 48.6 Å². The van der Waals surface area contributed by atoms with Crippen molar-refractivity contribution in [1.29, 1.82) is 5.26 Å². The third-order valence-corrected chi connectivity index (χ3v) is 6.39. The van der Waals surface area contributed by atoms with E-state index in [0.717, 1.165) is 16.9 Å². The van der Waals surface area contributed by atoms with Crippen LogP contribution in [0.5, 0.6) is 0 Å². The number of hydrogen-bond acceptors (Lipinski definition) is 5. The zero-order chi connectivity index (χ0) is 19.7. The van der Waals surface area contributed by atoms with Crippen molar-refractivity contribution in [1.82, 2.24) is 4.98 Å². The summed E-state index contributed by atoms with van der Waals surface area (Å²) in [4.78, 5) is 29.1. The number of amides is 1. The van der Waals surface area contributed by atoms with Gasteiger partial charge < -0.3 is 10.4 Å². The maximum atomic E-state index is 12.8. The highest BCUT2D eigenvalue weighted by Gasteiger charge is 2.45. The molecule has 1 aromatic heterocycles. The van der Waals surface area contributed by atoms with Crippen molar-refractivity contribution in [2.24, 2.45) is 10.8 Å². The van der Waals surface area contributed by atoms with Crippen LogP contribution in [0, 0.1) is 22.2 Å². The van der Waals surface area contributed by atoms with Crippen molar-refractivity contribution in [2.45, 2.75) is 39.5 Å². The molecule has 0 unspecified atom stereocenters. The van der Waals surface area contributed by atoms with E-state index in [1.165, 1.54) is 0 Å². The van der Waals surface area contributed by atoms with E-state index in [0.29, 0.717) is 41.4 Å². The minimum atomic E-state index is -0.809. The van der Waals surface area contributed by atoms with Crippen LogP contribution in [-0.2, 0) is 9.59 Å². The molecule has 0 saturated heterocycles. The van der Waals surface area contributed by atoms with Gasteiger partial charge in [-0.3, -0.25) is 9.59 Å². The molecule has 0 radical (unpaired) electrons. The zero-order valence-electron chi connectivity index (χ0n) is 15.3. The minimum Gasteiger partial charge on any atom is -0.481 e. The van der Waals surface area contributed by atoms with Crippen LogP contribution in [0.4, 0.5) is 5.13 Å². The van der Waals surface area contributed by atoms with Gasteiger partial charge in [0.1, 0.15) is 16.6 Å². The van der Waals surface area contributed by atoms with Crippen LogP contribution in [0.2, 0.25) is 0 Å². The van der Waals surface area contributed by atoms with Crippen LogP contribution in [0.3, 0.4) is 0 Å². The van der Waals surface area contributed by atoms with Gasteiger partial charge in [-0.25, -0.2) is 4.98 Å². The standard InChI is InChI=1S/C20H21N3O3S/c1-19(8-10-20(2,11-9-19)17(25)26)16(24)23-18-22-15(14(12-21)27-18)13-6-4-3-5-7-13/h3-7H,8-11H2,1-2H3,(H,25,26)(H,22,23,24). The maximum Gasteiger partial charge on any atom is 0.309 e. The van der Waals surface area contributed by atoms with Crippen LogP contribution in [0.25, 0.3) is 11.3 Å². The fourth-order valence-corrected chi connectivity index (χ4v) is 4.06. The molecule has 0 aliphatic heterocycles. The van der Waals surface area contributed by atoms with Gasteiger partial charge in [0.25, 0.3) is 0 Å². The summed E-state index contributed by atoms with van der Waals surface area (Å²) >= 11 is 1.15. The maximum absolute atomic E-state index is 12.8. The second kappa shape index (κ2) is 7.12. The topological polar surface area (TPSA) is 103 Å². The van der Waals surface area contributed by atoms with E-state index < -0.39 is 16.8 Å². The molecule has 1 aliphatic rings. The molecule has 1 fully saturated rings. The van der Waals surface area contributed by atoms with E-state index in [1.807, 2.05) is 37.3 Å². The summed E-state index contributed by atoms with van der Waals surface area (Å²) < 4.78 is 0. The molecule has 2 aromatic rings. The molecule has 6 nitrogen and oxygen atoms in total. The molecule has 1 amide bonds. The van der Waals surface area contributed by atoms with Gasteiger partial charge in [-0.05, 0) is 32.6 Å². The monoisotopic (exact) mass is 383 g/mol. The number of anilines is 1. The van der Waals surface area contributed by atoms with E-state index in [9.17, 15) is 20.0 Å². The number of carboxylic acids is 1. The summed E-state index contributed by atoms with van der Waals surface area (Å²) in [5.74, 6) is -0.983. The van der Waals surface area contributed by atoms with E-state index in [-0.39, 0.29) is 5.91 Å². The molecule has 1 heterocycles. The Hall–Kier alpha value is -2.72. The van der Waals surface area contributed by atoms with Gasteiger partial charge in [-0.15, -0.1) is 0 Å². The first-order chi connectivity index (χ1) is 12.8. The smallest absolute Gasteiger partial charge is 0.309 e. The lowest BCUT2D eigenvalue weighted by molar-refractivity contribution is -0.152. The Bertz CT molecular complexity index is 906. The molecule has 2 N–H and O–H groups in total. The number of benzene rings is 1. The number of aromatic nitrogens is 1. The summed E-state index contributed by atoms with van der Waals surface area (Å²) in [6.07, 6.45) is 1.93. The van der Waals surface area contributed by atoms with E-state index in [2.05, 4.69) is 16.4 Å². The van der Waals surface area contributed by atoms with Crippen LogP contribution < -0.4 is 5.32 Å². The molecular formula is C20H21N3O3S. The number of carboxylic acid groups (broad SMARTS) is 1. The predicted molar refractivity (Wildman–Crippen MR) is 103 cm³/mol. The molecule has 1 aliphatic carbocycles. The summed E-state index contributed by atoms with van der Waals surface area (Å²) in [7, 11) is 0. The molecule has 1 aromatic carbocycles. The van der Waals surface area contributed by atoms with Crippen molar-refractivity contribution >= 4 is 28.3 Å². The lowest BCUT2D eigenvalue weighted by Crippen LogP contribution is -2.42.